The second-order valence-electron chi connectivity index (χ2n) is 5.46. The number of hydrogen-bond donors (Lipinski definition) is 2. The summed E-state index contributed by atoms with van der Waals surface area (Å²) in [6, 6.07) is 2.11. The van der Waals surface area contributed by atoms with Gasteiger partial charge < -0.3 is 10.6 Å². The van der Waals surface area contributed by atoms with Crippen LogP contribution in [0.4, 0.5) is 30.6 Å². The fourth-order valence-electron chi connectivity index (χ4n) is 2.31. The SMILES string of the molecule is CCNc1nc(Nc2cn(C3C[C@H]3C#N)nc2Cl)ncc1C(F)(F)F. The highest BCUT2D eigenvalue weighted by Gasteiger charge is 2.40. The lowest BCUT2D eigenvalue weighted by Crippen LogP contribution is -2.14. The highest BCUT2D eigenvalue weighted by molar-refractivity contribution is 6.32. The molecule has 132 valence electrons. The average molecular weight is 372 g/mol. The van der Waals surface area contributed by atoms with Crippen LogP contribution in [0.2, 0.25) is 5.15 Å². The smallest absolute Gasteiger partial charge is 0.370 e. The summed E-state index contributed by atoms with van der Waals surface area (Å²) in [5.74, 6) is -0.465. The predicted molar refractivity (Wildman–Crippen MR) is 84.5 cm³/mol. The zero-order chi connectivity index (χ0) is 18.2. The molecular weight excluding hydrogens is 359 g/mol. The Kier molecular flexibility index (Phi) is 4.43. The molecule has 0 saturated heterocycles. The van der Waals surface area contributed by atoms with Gasteiger partial charge in [-0.3, -0.25) is 4.68 Å². The topological polar surface area (TPSA) is 91.5 Å². The Morgan fingerprint density at radius 1 is 1.48 bits per heavy atom. The summed E-state index contributed by atoms with van der Waals surface area (Å²) in [5.41, 5.74) is -0.594. The molecule has 0 spiro atoms. The van der Waals surface area contributed by atoms with Crippen LogP contribution < -0.4 is 10.6 Å². The molecule has 3 rings (SSSR count). The molecule has 0 amide bonds. The van der Waals surface area contributed by atoms with Gasteiger partial charge in [0.2, 0.25) is 5.95 Å². The summed E-state index contributed by atoms with van der Waals surface area (Å²) in [5, 5.41) is 18.4. The number of anilines is 3. The standard InChI is InChI=1S/C14H13ClF3N7/c1-2-20-12-8(14(16,17)18)5-21-13(23-12)22-9-6-25(24-11(9)15)10-3-7(10)4-19/h5-7,10H,2-3H2,1H3,(H2,20,21,22,23)/t7-,10?/m0/s1. The van der Waals surface area contributed by atoms with Crippen LogP contribution in [0.5, 0.6) is 0 Å². The summed E-state index contributed by atoms with van der Waals surface area (Å²) in [6.45, 7) is 1.94. The van der Waals surface area contributed by atoms with Gasteiger partial charge in [-0.15, -0.1) is 0 Å². The second-order valence-corrected chi connectivity index (χ2v) is 5.82. The maximum absolute atomic E-state index is 13.0. The summed E-state index contributed by atoms with van der Waals surface area (Å²) in [6.07, 6.45) is -1.58. The van der Waals surface area contributed by atoms with Crippen LogP contribution >= 0.6 is 11.6 Å². The largest absolute Gasteiger partial charge is 0.421 e. The van der Waals surface area contributed by atoms with Crippen LogP contribution in [0, 0.1) is 17.2 Å². The molecule has 2 heterocycles. The quantitative estimate of drug-likeness (QED) is 0.834. The van der Waals surface area contributed by atoms with Gasteiger partial charge in [0.25, 0.3) is 0 Å². The van der Waals surface area contributed by atoms with E-state index in [0.29, 0.717) is 18.3 Å². The van der Waals surface area contributed by atoms with E-state index in [1.165, 1.54) is 0 Å². The third-order valence-electron chi connectivity index (χ3n) is 3.63. The molecule has 1 saturated carbocycles. The van der Waals surface area contributed by atoms with Gasteiger partial charge in [0.1, 0.15) is 11.4 Å². The molecule has 2 aromatic heterocycles. The minimum atomic E-state index is -4.56. The van der Waals surface area contributed by atoms with Gasteiger partial charge in [-0.05, 0) is 13.3 Å². The highest BCUT2D eigenvalue weighted by atomic mass is 35.5. The molecule has 0 aliphatic heterocycles. The molecule has 0 radical (unpaired) electrons. The number of nitrogens with zero attached hydrogens (tertiary/aromatic N) is 5. The molecule has 1 fully saturated rings. The zero-order valence-corrected chi connectivity index (χ0v) is 13.7. The summed E-state index contributed by atoms with van der Waals surface area (Å²) in [4.78, 5) is 7.56. The van der Waals surface area contributed by atoms with Crippen LogP contribution in [0.1, 0.15) is 24.9 Å². The van der Waals surface area contributed by atoms with Crippen molar-refractivity contribution in [3.05, 3.63) is 23.1 Å². The van der Waals surface area contributed by atoms with Crippen LogP contribution in [0.25, 0.3) is 0 Å². The third kappa shape index (κ3) is 3.61. The van der Waals surface area contributed by atoms with Crippen molar-refractivity contribution in [2.75, 3.05) is 17.2 Å². The lowest BCUT2D eigenvalue weighted by molar-refractivity contribution is -0.137. The molecule has 2 N–H and O–H groups in total. The number of nitrogens with one attached hydrogen (secondary N) is 2. The zero-order valence-electron chi connectivity index (χ0n) is 13.0. The molecule has 0 aromatic carbocycles. The Labute approximate surface area is 145 Å². The fraction of sp³-hybridized carbons (Fsp3) is 0.429. The first-order chi connectivity index (χ1) is 11.8. The van der Waals surface area contributed by atoms with E-state index in [0.717, 1.165) is 0 Å². The van der Waals surface area contributed by atoms with E-state index in [1.807, 2.05) is 0 Å². The maximum Gasteiger partial charge on any atom is 0.421 e. The first-order valence-electron chi connectivity index (χ1n) is 7.43. The Morgan fingerprint density at radius 3 is 2.84 bits per heavy atom. The first kappa shape index (κ1) is 17.3. The molecule has 25 heavy (non-hydrogen) atoms. The Bertz CT molecular complexity index is 827. The van der Waals surface area contributed by atoms with E-state index in [4.69, 9.17) is 16.9 Å². The number of alkyl halides is 3. The Hall–Kier alpha value is -2.54. The van der Waals surface area contributed by atoms with Crippen molar-refractivity contribution in [1.29, 1.82) is 5.26 Å². The fourth-order valence-corrected chi connectivity index (χ4v) is 2.49. The third-order valence-corrected chi connectivity index (χ3v) is 3.91. The van der Waals surface area contributed by atoms with Gasteiger partial charge >= 0.3 is 6.18 Å². The van der Waals surface area contributed by atoms with Crippen LogP contribution in [-0.4, -0.2) is 26.3 Å². The van der Waals surface area contributed by atoms with Crippen molar-refractivity contribution in [2.24, 2.45) is 5.92 Å². The predicted octanol–water partition coefficient (Wildman–Crippen LogP) is 3.61. The molecule has 2 aromatic rings. The first-order valence-corrected chi connectivity index (χ1v) is 7.80. The number of nitriles is 1. The van der Waals surface area contributed by atoms with Crippen LogP contribution in [0.15, 0.2) is 12.4 Å². The van der Waals surface area contributed by atoms with Crippen LogP contribution in [0.3, 0.4) is 0 Å². The van der Waals surface area contributed by atoms with Gasteiger partial charge in [-0.1, -0.05) is 11.6 Å². The van der Waals surface area contributed by atoms with Gasteiger partial charge in [-0.2, -0.15) is 28.5 Å². The lowest BCUT2D eigenvalue weighted by atomic mass is 10.3. The van der Waals surface area contributed by atoms with Gasteiger partial charge in [0, 0.05) is 12.7 Å². The number of halogens is 4. The second kappa shape index (κ2) is 6.40. The number of rotatable bonds is 5. The van der Waals surface area contributed by atoms with Crippen molar-refractivity contribution < 1.29 is 13.2 Å². The van der Waals surface area contributed by atoms with E-state index >= 15 is 0 Å². The Balaban J connectivity index is 1.84. The van der Waals surface area contributed by atoms with Crippen molar-refractivity contribution in [3.8, 4) is 6.07 Å². The highest BCUT2D eigenvalue weighted by Crippen LogP contribution is 2.43. The van der Waals surface area contributed by atoms with E-state index in [2.05, 4.69) is 31.8 Å². The minimum Gasteiger partial charge on any atom is -0.370 e. The van der Waals surface area contributed by atoms with E-state index in [1.54, 1.807) is 17.8 Å². The molecule has 2 atom stereocenters. The molecular formula is C14H13ClF3N7. The van der Waals surface area contributed by atoms with E-state index in [-0.39, 0.29) is 35.4 Å². The Morgan fingerprint density at radius 2 is 2.24 bits per heavy atom. The van der Waals surface area contributed by atoms with E-state index < -0.39 is 11.7 Å². The van der Waals surface area contributed by atoms with Gasteiger partial charge in [-0.25, -0.2) is 4.98 Å². The van der Waals surface area contributed by atoms with Gasteiger partial charge in [0.15, 0.2) is 5.15 Å². The van der Waals surface area contributed by atoms with Crippen molar-refractivity contribution >= 4 is 29.1 Å². The number of aromatic nitrogens is 4. The number of hydrogen-bond acceptors (Lipinski definition) is 6. The van der Waals surface area contributed by atoms with Crippen LogP contribution in [-0.2, 0) is 6.18 Å². The molecule has 1 aliphatic carbocycles. The van der Waals surface area contributed by atoms with E-state index in [9.17, 15) is 13.2 Å². The summed E-state index contributed by atoms with van der Waals surface area (Å²) >= 11 is 6.03. The average Bonchev–Trinajstić information content (AvgIpc) is 3.24. The van der Waals surface area contributed by atoms with Crippen molar-refractivity contribution in [3.63, 3.8) is 0 Å². The minimum absolute atomic E-state index is 0.0381. The molecule has 0 bridgehead atoms. The molecule has 11 heteroatoms. The molecule has 1 unspecified atom stereocenters. The molecule has 1 aliphatic rings. The van der Waals surface area contributed by atoms with Crippen molar-refractivity contribution in [1.82, 2.24) is 19.7 Å². The summed E-state index contributed by atoms with van der Waals surface area (Å²) < 4.78 is 40.5. The lowest BCUT2D eigenvalue weighted by Gasteiger charge is -2.13. The van der Waals surface area contributed by atoms with Crippen molar-refractivity contribution in [2.45, 2.75) is 25.6 Å². The maximum atomic E-state index is 13.0. The monoisotopic (exact) mass is 371 g/mol. The summed E-state index contributed by atoms with van der Waals surface area (Å²) in [7, 11) is 0. The molecule has 7 nitrogen and oxygen atoms in total. The normalized spacial score (nSPS) is 19.4. The van der Waals surface area contributed by atoms with Gasteiger partial charge in [0.05, 0.1) is 29.9 Å².